The number of carbonyl (C=O) groups excluding carboxylic acids is 1. The molecule has 0 aromatic carbocycles. The number of pyridine rings is 1. The average molecular weight is 223 g/mol. The first-order valence-corrected chi connectivity index (χ1v) is 5.24. The summed E-state index contributed by atoms with van der Waals surface area (Å²) in [5.41, 5.74) is 6.05. The quantitative estimate of drug-likeness (QED) is 0.679. The highest BCUT2D eigenvalue weighted by Gasteiger charge is 2.09. The molecule has 0 bridgehead atoms. The second kappa shape index (κ2) is 5.46. The third-order valence-corrected chi connectivity index (χ3v) is 2.19. The standard InChI is InChI=1S/C11H17N3O2/c1-7(12)5-6-13-10(15)9-4-3-8(2)14-11(9)16/h3-4,7H,5-6,12H2,1-2H3,(H,13,15)(H,14,16). The number of aromatic nitrogens is 1. The van der Waals surface area contributed by atoms with Crippen molar-refractivity contribution in [1.29, 1.82) is 0 Å². The molecule has 1 atom stereocenters. The monoisotopic (exact) mass is 223 g/mol. The summed E-state index contributed by atoms with van der Waals surface area (Å²) >= 11 is 0. The van der Waals surface area contributed by atoms with Crippen LogP contribution in [0.5, 0.6) is 0 Å². The minimum Gasteiger partial charge on any atom is -0.352 e. The summed E-state index contributed by atoms with van der Waals surface area (Å²) in [6, 6.07) is 3.26. The molecular formula is C11H17N3O2. The number of hydrogen-bond acceptors (Lipinski definition) is 3. The van der Waals surface area contributed by atoms with Gasteiger partial charge in [-0.3, -0.25) is 9.59 Å². The number of aromatic amines is 1. The molecule has 1 unspecified atom stereocenters. The number of nitrogens with one attached hydrogen (secondary N) is 2. The lowest BCUT2D eigenvalue weighted by atomic mass is 10.2. The molecule has 1 aromatic rings. The van der Waals surface area contributed by atoms with Gasteiger partial charge in [0.2, 0.25) is 0 Å². The van der Waals surface area contributed by atoms with Crippen LogP contribution in [-0.2, 0) is 0 Å². The molecule has 0 saturated carbocycles. The van der Waals surface area contributed by atoms with Crippen LogP contribution in [-0.4, -0.2) is 23.5 Å². The van der Waals surface area contributed by atoms with E-state index >= 15 is 0 Å². The lowest BCUT2D eigenvalue weighted by Gasteiger charge is -2.06. The smallest absolute Gasteiger partial charge is 0.260 e. The zero-order valence-electron chi connectivity index (χ0n) is 9.54. The zero-order valence-corrected chi connectivity index (χ0v) is 9.54. The van der Waals surface area contributed by atoms with Gasteiger partial charge in [-0.25, -0.2) is 0 Å². The fraction of sp³-hybridized carbons (Fsp3) is 0.455. The number of nitrogens with two attached hydrogens (primary N) is 1. The van der Waals surface area contributed by atoms with E-state index in [1.807, 2.05) is 6.92 Å². The minimum atomic E-state index is -0.363. The van der Waals surface area contributed by atoms with Crippen molar-refractivity contribution in [2.45, 2.75) is 26.3 Å². The van der Waals surface area contributed by atoms with Crippen molar-refractivity contribution < 1.29 is 4.79 Å². The van der Waals surface area contributed by atoms with Gasteiger partial charge in [0, 0.05) is 18.3 Å². The summed E-state index contributed by atoms with van der Waals surface area (Å²) in [6.07, 6.45) is 0.690. The van der Waals surface area contributed by atoms with Crippen LogP contribution in [0.4, 0.5) is 0 Å². The van der Waals surface area contributed by atoms with Crippen LogP contribution in [0.15, 0.2) is 16.9 Å². The summed E-state index contributed by atoms with van der Waals surface area (Å²) in [4.78, 5) is 25.6. The van der Waals surface area contributed by atoms with Gasteiger partial charge in [-0.1, -0.05) is 0 Å². The van der Waals surface area contributed by atoms with Crippen molar-refractivity contribution in [2.24, 2.45) is 5.73 Å². The number of hydrogen-bond donors (Lipinski definition) is 3. The van der Waals surface area contributed by atoms with E-state index < -0.39 is 0 Å². The predicted molar refractivity (Wildman–Crippen MR) is 62.4 cm³/mol. The summed E-state index contributed by atoms with van der Waals surface area (Å²) in [6.45, 7) is 4.11. The van der Waals surface area contributed by atoms with Gasteiger partial charge in [-0.05, 0) is 32.4 Å². The molecule has 88 valence electrons. The van der Waals surface area contributed by atoms with Crippen LogP contribution in [0.1, 0.15) is 29.4 Å². The van der Waals surface area contributed by atoms with E-state index in [2.05, 4.69) is 10.3 Å². The molecule has 16 heavy (non-hydrogen) atoms. The molecule has 5 nitrogen and oxygen atoms in total. The Hall–Kier alpha value is -1.62. The van der Waals surface area contributed by atoms with Crippen LogP contribution in [0.2, 0.25) is 0 Å². The third kappa shape index (κ3) is 3.51. The topological polar surface area (TPSA) is 88.0 Å². The number of amides is 1. The van der Waals surface area contributed by atoms with Gasteiger partial charge < -0.3 is 16.0 Å². The Bertz CT molecular complexity index is 423. The van der Waals surface area contributed by atoms with Gasteiger partial charge in [0.15, 0.2) is 0 Å². The van der Waals surface area contributed by atoms with Gasteiger partial charge in [0.05, 0.1) is 0 Å². The molecule has 1 amide bonds. The van der Waals surface area contributed by atoms with E-state index in [1.54, 1.807) is 13.0 Å². The van der Waals surface area contributed by atoms with Crippen LogP contribution in [0.3, 0.4) is 0 Å². The molecule has 5 heteroatoms. The van der Waals surface area contributed by atoms with Crippen molar-refractivity contribution in [1.82, 2.24) is 10.3 Å². The Kier molecular flexibility index (Phi) is 4.25. The van der Waals surface area contributed by atoms with E-state index in [4.69, 9.17) is 5.73 Å². The Morgan fingerprint density at radius 1 is 1.56 bits per heavy atom. The Morgan fingerprint density at radius 2 is 2.25 bits per heavy atom. The van der Waals surface area contributed by atoms with E-state index in [0.717, 1.165) is 5.69 Å². The third-order valence-electron chi connectivity index (χ3n) is 2.19. The van der Waals surface area contributed by atoms with Crippen LogP contribution in [0, 0.1) is 6.92 Å². The van der Waals surface area contributed by atoms with Crippen molar-refractivity contribution in [2.75, 3.05) is 6.54 Å². The normalized spacial score (nSPS) is 12.2. The fourth-order valence-electron chi connectivity index (χ4n) is 1.26. The maximum absolute atomic E-state index is 11.6. The molecule has 1 heterocycles. The molecule has 0 radical (unpaired) electrons. The molecular weight excluding hydrogens is 206 g/mol. The number of rotatable bonds is 4. The SMILES string of the molecule is Cc1ccc(C(=O)NCCC(C)N)c(=O)[nH]1. The molecule has 0 spiro atoms. The van der Waals surface area contributed by atoms with Gasteiger partial charge in [-0.2, -0.15) is 0 Å². The zero-order chi connectivity index (χ0) is 12.1. The van der Waals surface area contributed by atoms with Gasteiger partial charge >= 0.3 is 0 Å². The lowest BCUT2D eigenvalue weighted by Crippen LogP contribution is -2.32. The highest BCUT2D eigenvalue weighted by molar-refractivity contribution is 5.93. The first-order chi connectivity index (χ1) is 7.50. The largest absolute Gasteiger partial charge is 0.352 e. The molecule has 0 aliphatic rings. The van der Waals surface area contributed by atoms with Crippen molar-refractivity contribution in [3.63, 3.8) is 0 Å². The molecule has 0 aliphatic heterocycles. The van der Waals surface area contributed by atoms with Crippen LogP contribution < -0.4 is 16.6 Å². The molecule has 0 saturated heterocycles. The highest BCUT2D eigenvalue weighted by Crippen LogP contribution is 1.93. The van der Waals surface area contributed by atoms with E-state index in [0.29, 0.717) is 13.0 Å². The highest BCUT2D eigenvalue weighted by atomic mass is 16.2. The first kappa shape index (κ1) is 12.4. The second-order valence-electron chi connectivity index (χ2n) is 3.91. The summed E-state index contributed by atoms with van der Waals surface area (Å²) in [7, 11) is 0. The van der Waals surface area contributed by atoms with Crippen molar-refractivity contribution in [3.8, 4) is 0 Å². The minimum absolute atomic E-state index is 0.0385. The van der Waals surface area contributed by atoms with E-state index in [-0.39, 0.29) is 23.1 Å². The lowest BCUT2D eigenvalue weighted by molar-refractivity contribution is 0.0951. The van der Waals surface area contributed by atoms with E-state index in [9.17, 15) is 9.59 Å². The average Bonchev–Trinajstić information content (AvgIpc) is 2.16. The maximum atomic E-state index is 11.6. The number of aryl methyl sites for hydroxylation is 1. The molecule has 0 fully saturated rings. The Morgan fingerprint density at radius 3 is 2.81 bits per heavy atom. The summed E-state index contributed by atoms with van der Waals surface area (Å²) in [5.74, 6) is -0.359. The van der Waals surface area contributed by atoms with E-state index in [1.165, 1.54) is 6.07 Å². The van der Waals surface area contributed by atoms with Crippen molar-refractivity contribution >= 4 is 5.91 Å². The molecule has 1 aromatic heterocycles. The Labute approximate surface area is 94.1 Å². The van der Waals surface area contributed by atoms with Crippen LogP contribution >= 0.6 is 0 Å². The summed E-state index contributed by atoms with van der Waals surface area (Å²) in [5, 5.41) is 2.65. The predicted octanol–water partition coefficient (Wildman–Crippen LogP) is 0.150. The summed E-state index contributed by atoms with van der Waals surface area (Å²) < 4.78 is 0. The number of carbonyl (C=O) groups is 1. The molecule has 4 N–H and O–H groups in total. The second-order valence-corrected chi connectivity index (χ2v) is 3.91. The fourth-order valence-corrected chi connectivity index (χ4v) is 1.26. The van der Waals surface area contributed by atoms with Gasteiger partial charge in [-0.15, -0.1) is 0 Å². The molecule has 1 rings (SSSR count). The van der Waals surface area contributed by atoms with Crippen molar-refractivity contribution in [3.05, 3.63) is 33.7 Å². The number of H-pyrrole nitrogens is 1. The van der Waals surface area contributed by atoms with Crippen LogP contribution in [0.25, 0.3) is 0 Å². The molecule has 0 aliphatic carbocycles. The van der Waals surface area contributed by atoms with Gasteiger partial charge in [0.1, 0.15) is 5.56 Å². The van der Waals surface area contributed by atoms with Gasteiger partial charge in [0.25, 0.3) is 11.5 Å². The maximum Gasteiger partial charge on any atom is 0.260 e. The Balaban J connectivity index is 2.63. The first-order valence-electron chi connectivity index (χ1n) is 5.24.